The molecule has 0 spiro atoms. The number of rotatable bonds is 7. The molecule has 0 fully saturated rings. The molecule has 0 aliphatic rings. The molecule has 0 heterocycles. The van der Waals surface area contributed by atoms with Crippen molar-refractivity contribution >= 4 is 16.8 Å². The van der Waals surface area contributed by atoms with E-state index in [2.05, 4.69) is 90.9 Å². The van der Waals surface area contributed by atoms with E-state index >= 15 is 0 Å². The van der Waals surface area contributed by atoms with Gasteiger partial charge in [-0.05, 0) is 34.4 Å². The lowest BCUT2D eigenvalue weighted by atomic mass is 10.0. The van der Waals surface area contributed by atoms with Crippen LogP contribution < -0.4 is 4.90 Å². The summed E-state index contributed by atoms with van der Waals surface area (Å²) >= 11 is 0. The van der Waals surface area contributed by atoms with Crippen molar-refractivity contribution in [3.8, 4) is 0 Å². The van der Waals surface area contributed by atoms with Crippen LogP contribution in [0.3, 0.4) is 0 Å². The summed E-state index contributed by atoms with van der Waals surface area (Å²) in [5.41, 5.74) is 5.73. The summed E-state index contributed by atoms with van der Waals surface area (Å²) in [6, 6.07) is 31.2. The summed E-state index contributed by atoms with van der Waals surface area (Å²) < 4.78 is 0. The topological polar surface area (TPSA) is 3.24 Å². The fraction of sp³-hybridized carbons (Fsp3) is 0.0833. The lowest BCUT2D eigenvalue weighted by molar-refractivity contribution is 0.975. The molecule has 0 atom stereocenters. The quantitative estimate of drug-likeness (QED) is 0.521. The zero-order chi connectivity index (χ0) is 17.5. The molecule has 0 bridgehead atoms. The Labute approximate surface area is 150 Å². The molecule has 3 aromatic rings. The van der Waals surface area contributed by atoms with E-state index in [9.17, 15) is 0 Å². The van der Waals surface area contributed by atoms with Gasteiger partial charge in [0.1, 0.15) is 0 Å². The molecular formula is C24H23N. The van der Waals surface area contributed by atoms with Crippen molar-refractivity contribution in [3.05, 3.63) is 115 Å². The molecule has 0 saturated heterocycles. The first kappa shape index (κ1) is 16.8. The third-order valence-corrected chi connectivity index (χ3v) is 4.25. The van der Waals surface area contributed by atoms with Crippen molar-refractivity contribution in [1.82, 2.24) is 0 Å². The van der Waals surface area contributed by atoms with Crippen molar-refractivity contribution in [2.24, 2.45) is 0 Å². The van der Waals surface area contributed by atoms with E-state index in [4.69, 9.17) is 0 Å². The summed E-state index contributed by atoms with van der Waals surface area (Å²) in [7, 11) is 0. The van der Waals surface area contributed by atoms with Gasteiger partial charge in [-0.25, -0.2) is 0 Å². The first-order chi connectivity index (χ1) is 12.2. The van der Waals surface area contributed by atoms with E-state index in [-0.39, 0.29) is 0 Å². The Hall–Kier alpha value is -3.06. The Morgan fingerprint density at radius 2 is 0.920 bits per heavy atom. The summed E-state index contributed by atoms with van der Waals surface area (Å²) in [5.74, 6) is 0. The fourth-order valence-electron chi connectivity index (χ4n) is 2.87. The highest BCUT2D eigenvalue weighted by Gasteiger charge is 2.11. The zero-order valence-electron chi connectivity index (χ0n) is 14.4. The van der Waals surface area contributed by atoms with Crippen molar-refractivity contribution in [1.29, 1.82) is 0 Å². The Kier molecular flexibility index (Phi) is 5.48. The predicted octanol–water partition coefficient (Wildman–Crippen LogP) is 5.92. The molecule has 0 N–H and O–H groups in total. The van der Waals surface area contributed by atoms with Gasteiger partial charge in [0, 0.05) is 18.8 Å². The molecular weight excluding hydrogens is 302 g/mol. The Balaban J connectivity index is 1.81. The first-order valence-corrected chi connectivity index (χ1v) is 8.50. The van der Waals surface area contributed by atoms with Crippen LogP contribution in [-0.4, -0.2) is 13.1 Å². The highest BCUT2D eigenvalue weighted by atomic mass is 15.1. The van der Waals surface area contributed by atoms with Gasteiger partial charge >= 0.3 is 0 Å². The van der Waals surface area contributed by atoms with E-state index in [1.54, 1.807) is 0 Å². The maximum absolute atomic E-state index is 4.30. The van der Waals surface area contributed by atoms with Crippen LogP contribution in [0, 0.1) is 0 Å². The molecule has 3 rings (SSSR count). The number of hydrogen-bond acceptors (Lipinski definition) is 1. The second-order valence-corrected chi connectivity index (χ2v) is 6.13. The summed E-state index contributed by atoms with van der Waals surface area (Å²) in [5, 5.41) is 0. The Bertz CT molecular complexity index is 766. The van der Waals surface area contributed by atoms with Gasteiger partial charge in [-0.1, -0.05) is 92.0 Å². The van der Waals surface area contributed by atoms with E-state index in [1.807, 2.05) is 18.2 Å². The minimum Gasteiger partial charge on any atom is -0.363 e. The molecule has 0 unspecified atom stereocenters. The molecule has 0 radical (unpaired) electrons. The number of anilines is 1. The standard InChI is InChI=1S/C24H23N/c1-20(22-12-6-3-7-13-22)18-25(24-16-10-5-11-17-24)19-21(2)23-14-8-4-9-15-23/h3-17H,1-2,18-19H2. The van der Waals surface area contributed by atoms with Gasteiger partial charge < -0.3 is 4.90 Å². The molecule has 0 amide bonds. The predicted molar refractivity (Wildman–Crippen MR) is 110 cm³/mol. The van der Waals surface area contributed by atoms with Crippen molar-refractivity contribution in [3.63, 3.8) is 0 Å². The number of hydrogen-bond donors (Lipinski definition) is 0. The second-order valence-electron chi connectivity index (χ2n) is 6.13. The lowest BCUT2D eigenvalue weighted by Gasteiger charge is -2.27. The van der Waals surface area contributed by atoms with Gasteiger partial charge in [0.2, 0.25) is 0 Å². The Morgan fingerprint density at radius 1 is 0.560 bits per heavy atom. The molecule has 1 nitrogen and oxygen atoms in total. The van der Waals surface area contributed by atoms with Crippen LogP contribution >= 0.6 is 0 Å². The molecule has 1 heteroatoms. The third kappa shape index (κ3) is 4.48. The number of benzene rings is 3. The molecule has 0 aliphatic heterocycles. The van der Waals surface area contributed by atoms with E-state index in [1.165, 1.54) is 16.8 Å². The monoisotopic (exact) mass is 325 g/mol. The normalized spacial score (nSPS) is 10.2. The van der Waals surface area contributed by atoms with Gasteiger partial charge in [0.15, 0.2) is 0 Å². The van der Waals surface area contributed by atoms with E-state index in [0.717, 1.165) is 24.2 Å². The fourth-order valence-corrected chi connectivity index (χ4v) is 2.87. The van der Waals surface area contributed by atoms with Gasteiger partial charge in [-0.15, -0.1) is 0 Å². The summed E-state index contributed by atoms with van der Waals surface area (Å²) in [6.45, 7) is 10.1. The Morgan fingerprint density at radius 3 is 1.32 bits per heavy atom. The molecule has 3 aromatic carbocycles. The van der Waals surface area contributed by atoms with E-state index in [0.29, 0.717) is 0 Å². The molecule has 124 valence electrons. The number of para-hydroxylation sites is 1. The van der Waals surface area contributed by atoms with Crippen molar-refractivity contribution in [2.45, 2.75) is 0 Å². The molecule has 0 saturated carbocycles. The smallest absolute Gasteiger partial charge is 0.0433 e. The van der Waals surface area contributed by atoms with Crippen LogP contribution in [0.4, 0.5) is 5.69 Å². The van der Waals surface area contributed by atoms with Crippen LogP contribution in [0.2, 0.25) is 0 Å². The maximum Gasteiger partial charge on any atom is 0.0433 e. The SMILES string of the molecule is C=C(CN(CC(=C)c1ccccc1)c1ccccc1)c1ccccc1. The highest BCUT2D eigenvalue weighted by Crippen LogP contribution is 2.23. The molecule has 0 aliphatic carbocycles. The van der Waals surface area contributed by atoms with Crippen molar-refractivity contribution in [2.75, 3.05) is 18.0 Å². The highest BCUT2D eigenvalue weighted by molar-refractivity contribution is 5.73. The minimum atomic E-state index is 0.764. The molecule has 0 aromatic heterocycles. The van der Waals surface area contributed by atoms with Crippen LogP contribution in [0.25, 0.3) is 11.1 Å². The number of nitrogens with zero attached hydrogens (tertiary/aromatic N) is 1. The van der Waals surface area contributed by atoms with Crippen molar-refractivity contribution < 1.29 is 0 Å². The maximum atomic E-state index is 4.30. The third-order valence-electron chi connectivity index (χ3n) is 4.25. The average Bonchev–Trinajstić information content (AvgIpc) is 2.69. The summed E-state index contributed by atoms with van der Waals surface area (Å²) in [4.78, 5) is 2.32. The van der Waals surface area contributed by atoms with Gasteiger partial charge in [-0.2, -0.15) is 0 Å². The van der Waals surface area contributed by atoms with Gasteiger partial charge in [0.25, 0.3) is 0 Å². The van der Waals surface area contributed by atoms with Crippen LogP contribution in [0.1, 0.15) is 11.1 Å². The van der Waals surface area contributed by atoms with Gasteiger partial charge in [0.05, 0.1) is 0 Å². The summed E-state index contributed by atoms with van der Waals surface area (Å²) in [6.07, 6.45) is 0. The molecule has 25 heavy (non-hydrogen) atoms. The first-order valence-electron chi connectivity index (χ1n) is 8.50. The van der Waals surface area contributed by atoms with E-state index < -0.39 is 0 Å². The minimum absolute atomic E-state index is 0.764. The van der Waals surface area contributed by atoms with Gasteiger partial charge in [-0.3, -0.25) is 0 Å². The lowest BCUT2D eigenvalue weighted by Crippen LogP contribution is -2.26. The zero-order valence-corrected chi connectivity index (χ0v) is 14.4. The largest absolute Gasteiger partial charge is 0.363 e. The van der Waals surface area contributed by atoms with Crippen LogP contribution in [0.15, 0.2) is 104 Å². The van der Waals surface area contributed by atoms with Crippen LogP contribution in [-0.2, 0) is 0 Å². The average molecular weight is 325 g/mol. The second kappa shape index (κ2) is 8.16. The van der Waals surface area contributed by atoms with Crippen LogP contribution in [0.5, 0.6) is 0 Å².